The van der Waals surface area contributed by atoms with E-state index in [9.17, 15) is 9.59 Å². The van der Waals surface area contributed by atoms with Gasteiger partial charge in [-0.25, -0.2) is 0 Å². The summed E-state index contributed by atoms with van der Waals surface area (Å²) in [6, 6.07) is -1.64. The zero-order valence-electron chi connectivity index (χ0n) is 11.1. The predicted octanol–water partition coefficient (Wildman–Crippen LogP) is -2.71. The normalized spacial score (nSPS) is 24.4. The minimum atomic E-state index is -1.05. The van der Waals surface area contributed by atoms with Crippen molar-refractivity contribution in [2.75, 3.05) is 13.1 Å². The largest absolute Gasteiger partial charge is 0.480 e. The smallest absolute Gasteiger partial charge is 0.323 e. The Bertz CT molecular complexity index is 315. The Kier molecular flexibility index (Phi) is 9.01. The molecule has 0 aromatic carbocycles. The van der Waals surface area contributed by atoms with Gasteiger partial charge in [0.25, 0.3) is 0 Å². The summed E-state index contributed by atoms with van der Waals surface area (Å²) in [5.41, 5.74) is 10.3. The summed E-state index contributed by atoms with van der Waals surface area (Å²) in [6.45, 7) is 0.741. The minimum Gasteiger partial charge on any atom is -0.480 e. The van der Waals surface area contributed by atoms with Gasteiger partial charge >= 0.3 is 11.9 Å². The second kappa shape index (κ2) is 9.61. The average molecular weight is 293 g/mol. The lowest BCUT2D eigenvalue weighted by molar-refractivity contribution is -0.141. The van der Waals surface area contributed by atoms with E-state index in [0.717, 1.165) is 0 Å². The topological polar surface area (TPSA) is 179 Å². The molecule has 9 N–H and O–H groups in total. The molecular formula is C11H23N3O6. The Hall–Kier alpha value is -1.26. The molecule has 0 aliphatic carbocycles. The molecule has 4 atom stereocenters. The molecule has 1 saturated heterocycles. The van der Waals surface area contributed by atoms with Crippen molar-refractivity contribution < 1.29 is 30.0 Å². The molecule has 0 amide bonds. The highest BCUT2D eigenvalue weighted by molar-refractivity contribution is 5.74. The van der Waals surface area contributed by atoms with Crippen molar-refractivity contribution in [1.82, 2.24) is 5.32 Å². The third-order valence-corrected chi connectivity index (χ3v) is 2.86. The van der Waals surface area contributed by atoms with E-state index in [0.29, 0.717) is 19.4 Å². The molecule has 1 fully saturated rings. The number of aliphatic carboxylic acids is 2. The van der Waals surface area contributed by atoms with Crippen LogP contribution in [0.2, 0.25) is 0 Å². The molecule has 1 rings (SSSR count). The first-order valence-electron chi connectivity index (χ1n) is 6.30. The first-order chi connectivity index (χ1) is 9.29. The van der Waals surface area contributed by atoms with Crippen LogP contribution >= 0.6 is 0 Å². The molecule has 0 bridgehead atoms. The van der Waals surface area contributed by atoms with Crippen molar-refractivity contribution >= 4 is 11.9 Å². The first-order valence-corrected chi connectivity index (χ1v) is 6.30. The predicted molar refractivity (Wildman–Crippen MR) is 70.0 cm³/mol. The molecule has 1 aliphatic rings. The van der Waals surface area contributed by atoms with Gasteiger partial charge < -0.3 is 37.2 Å². The van der Waals surface area contributed by atoms with Crippen LogP contribution in [0, 0.1) is 0 Å². The van der Waals surface area contributed by atoms with E-state index in [-0.39, 0.29) is 13.0 Å². The van der Waals surface area contributed by atoms with E-state index in [1.54, 1.807) is 0 Å². The molecular weight excluding hydrogens is 270 g/mol. The summed E-state index contributed by atoms with van der Waals surface area (Å²) < 4.78 is 0. The monoisotopic (exact) mass is 293 g/mol. The Balaban J connectivity index is 0.000000367. The number of nitrogens with one attached hydrogen (secondary N) is 1. The third-order valence-electron chi connectivity index (χ3n) is 2.86. The number of hydrogen-bond donors (Lipinski definition) is 7. The standard InChI is InChI=1S/C6H14N2O3.C5H9NO3/c7-3-4(9)1-2-5(8)6(10)11;7-3-1-2-6-4(3)5(8)9/h4-5,9H,1-3,7-8H2,(H,10,11);3-4,6-7H,1-2H2,(H,8,9)/t;3?,4-/m.0/s1. The number of carboxylic acid groups (broad SMARTS) is 2. The lowest BCUT2D eigenvalue weighted by Gasteiger charge is -2.09. The van der Waals surface area contributed by atoms with Crippen LogP contribution in [0.25, 0.3) is 0 Å². The van der Waals surface area contributed by atoms with Gasteiger partial charge in [-0.15, -0.1) is 0 Å². The molecule has 3 unspecified atom stereocenters. The Morgan fingerprint density at radius 3 is 2.20 bits per heavy atom. The SMILES string of the molecule is NCC(O)CCC(N)C(=O)O.O=C(O)[C@H]1NCCC1O. The fraction of sp³-hybridized carbons (Fsp3) is 0.818. The second-order valence-corrected chi connectivity index (χ2v) is 4.54. The van der Waals surface area contributed by atoms with Gasteiger partial charge in [0.15, 0.2) is 0 Å². The number of hydrogen-bond acceptors (Lipinski definition) is 7. The van der Waals surface area contributed by atoms with Gasteiger partial charge in [0.05, 0.1) is 12.2 Å². The van der Waals surface area contributed by atoms with E-state index in [1.165, 1.54) is 0 Å². The van der Waals surface area contributed by atoms with E-state index < -0.39 is 36.2 Å². The number of rotatable bonds is 6. The Morgan fingerprint density at radius 1 is 1.30 bits per heavy atom. The zero-order chi connectivity index (χ0) is 15.7. The van der Waals surface area contributed by atoms with Gasteiger partial charge in [0, 0.05) is 6.54 Å². The van der Waals surface area contributed by atoms with Crippen LogP contribution in [-0.4, -0.2) is 69.7 Å². The quantitative estimate of drug-likeness (QED) is 0.274. The van der Waals surface area contributed by atoms with E-state index >= 15 is 0 Å². The lowest BCUT2D eigenvalue weighted by atomic mass is 10.1. The van der Waals surface area contributed by atoms with Crippen molar-refractivity contribution in [3.8, 4) is 0 Å². The van der Waals surface area contributed by atoms with E-state index in [1.807, 2.05) is 0 Å². The summed E-state index contributed by atoms with van der Waals surface area (Å²) in [5, 5.41) is 37.2. The zero-order valence-corrected chi connectivity index (χ0v) is 11.1. The third kappa shape index (κ3) is 7.36. The molecule has 0 aromatic heterocycles. The molecule has 0 aromatic rings. The van der Waals surface area contributed by atoms with Gasteiger partial charge in [-0.1, -0.05) is 0 Å². The Labute approximate surface area is 116 Å². The molecule has 9 heteroatoms. The maximum absolute atomic E-state index is 10.2. The van der Waals surface area contributed by atoms with Gasteiger partial charge in [-0.2, -0.15) is 0 Å². The van der Waals surface area contributed by atoms with Gasteiger partial charge in [0.1, 0.15) is 12.1 Å². The fourth-order valence-electron chi connectivity index (χ4n) is 1.55. The maximum atomic E-state index is 10.2. The highest BCUT2D eigenvalue weighted by Crippen LogP contribution is 2.05. The highest BCUT2D eigenvalue weighted by atomic mass is 16.4. The maximum Gasteiger partial charge on any atom is 0.323 e. The van der Waals surface area contributed by atoms with Gasteiger partial charge in [-0.3, -0.25) is 9.59 Å². The number of aliphatic hydroxyl groups is 2. The van der Waals surface area contributed by atoms with Crippen LogP contribution in [0.1, 0.15) is 19.3 Å². The summed E-state index contributed by atoms with van der Waals surface area (Å²) in [6.07, 6.45) is -0.211. The number of carbonyl (C=O) groups is 2. The van der Waals surface area contributed by atoms with Gasteiger partial charge in [-0.05, 0) is 25.8 Å². The Morgan fingerprint density at radius 2 is 1.90 bits per heavy atom. The molecule has 20 heavy (non-hydrogen) atoms. The molecule has 1 aliphatic heterocycles. The van der Waals surface area contributed by atoms with Crippen LogP contribution < -0.4 is 16.8 Å². The van der Waals surface area contributed by atoms with Crippen molar-refractivity contribution in [3.63, 3.8) is 0 Å². The van der Waals surface area contributed by atoms with Crippen molar-refractivity contribution in [2.45, 2.75) is 43.6 Å². The first kappa shape index (κ1) is 18.7. The molecule has 9 nitrogen and oxygen atoms in total. The average Bonchev–Trinajstić information content (AvgIpc) is 2.82. The van der Waals surface area contributed by atoms with Crippen LogP contribution in [0.4, 0.5) is 0 Å². The van der Waals surface area contributed by atoms with E-state index in [4.69, 9.17) is 31.9 Å². The van der Waals surface area contributed by atoms with Crippen LogP contribution in [0.3, 0.4) is 0 Å². The molecule has 0 radical (unpaired) electrons. The summed E-state index contributed by atoms with van der Waals surface area (Å²) in [4.78, 5) is 20.4. The van der Waals surface area contributed by atoms with Gasteiger partial charge in [0.2, 0.25) is 0 Å². The molecule has 118 valence electrons. The summed E-state index contributed by atoms with van der Waals surface area (Å²) in [7, 11) is 0. The molecule has 0 saturated carbocycles. The lowest BCUT2D eigenvalue weighted by Crippen LogP contribution is -2.38. The van der Waals surface area contributed by atoms with Crippen molar-refractivity contribution in [1.29, 1.82) is 0 Å². The van der Waals surface area contributed by atoms with Crippen molar-refractivity contribution in [2.24, 2.45) is 11.5 Å². The number of aliphatic hydroxyl groups excluding tert-OH is 2. The summed E-state index contributed by atoms with van der Waals surface area (Å²) >= 11 is 0. The highest BCUT2D eigenvalue weighted by Gasteiger charge is 2.30. The van der Waals surface area contributed by atoms with Crippen LogP contribution in [0.15, 0.2) is 0 Å². The van der Waals surface area contributed by atoms with Crippen LogP contribution in [-0.2, 0) is 9.59 Å². The minimum absolute atomic E-state index is 0.145. The van der Waals surface area contributed by atoms with Crippen LogP contribution in [0.5, 0.6) is 0 Å². The number of carboxylic acids is 2. The summed E-state index contributed by atoms with van der Waals surface area (Å²) in [5.74, 6) is -2.02. The molecule has 0 spiro atoms. The number of nitrogens with two attached hydrogens (primary N) is 2. The van der Waals surface area contributed by atoms with E-state index in [2.05, 4.69) is 5.32 Å². The fourth-order valence-corrected chi connectivity index (χ4v) is 1.55. The molecule has 1 heterocycles. The van der Waals surface area contributed by atoms with Crippen molar-refractivity contribution in [3.05, 3.63) is 0 Å². The second-order valence-electron chi connectivity index (χ2n) is 4.54.